The molecule has 0 spiro atoms. The SMILES string of the molecule is COCC(O)CN(C)c1ccc([N+](=O)[O-])nc1. The van der Waals surface area contributed by atoms with Crippen LogP contribution in [0.1, 0.15) is 0 Å². The summed E-state index contributed by atoms with van der Waals surface area (Å²) in [6.07, 6.45) is 0.790. The second-order valence-corrected chi connectivity index (χ2v) is 3.62. The number of hydrogen-bond acceptors (Lipinski definition) is 6. The molecule has 1 rings (SSSR count). The Hall–Kier alpha value is -1.73. The first-order valence-electron chi connectivity index (χ1n) is 5.03. The first-order chi connectivity index (χ1) is 8.04. The predicted molar refractivity (Wildman–Crippen MR) is 62.0 cm³/mol. The quantitative estimate of drug-likeness (QED) is 0.574. The maximum Gasteiger partial charge on any atom is 0.363 e. The predicted octanol–water partition coefficient (Wildman–Crippen LogP) is 0.433. The molecule has 0 fully saturated rings. The van der Waals surface area contributed by atoms with E-state index in [0.29, 0.717) is 12.2 Å². The molecule has 0 aliphatic rings. The Morgan fingerprint density at radius 2 is 2.35 bits per heavy atom. The lowest BCUT2D eigenvalue weighted by Gasteiger charge is -2.20. The van der Waals surface area contributed by atoms with Crippen molar-refractivity contribution in [2.75, 3.05) is 32.2 Å². The summed E-state index contributed by atoms with van der Waals surface area (Å²) < 4.78 is 4.81. The molecule has 1 atom stereocenters. The molecule has 0 aliphatic heterocycles. The number of likely N-dealkylation sites (N-methyl/N-ethyl adjacent to an activating group) is 1. The summed E-state index contributed by atoms with van der Waals surface area (Å²) in [4.78, 5) is 15.3. The van der Waals surface area contributed by atoms with Gasteiger partial charge in [0.1, 0.15) is 0 Å². The highest BCUT2D eigenvalue weighted by atomic mass is 16.6. The summed E-state index contributed by atoms with van der Waals surface area (Å²) in [5.41, 5.74) is 0.700. The van der Waals surface area contributed by atoms with Crippen molar-refractivity contribution >= 4 is 11.5 Å². The van der Waals surface area contributed by atoms with Gasteiger partial charge in [-0.15, -0.1) is 0 Å². The van der Waals surface area contributed by atoms with Crippen LogP contribution in [0.3, 0.4) is 0 Å². The van der Waals surface area contributed by atoms with E-state index in [0.717, 1.165) is 0 Å². The minimum atomic E-state index is -0.611. The molecule has 17 heavy (non-hydrogen) atoms. The lowest BCUT2D eigenvalue weighted by atomic mass is 10.3. The normalized spacial score (nSPS) is 12.2. The minimum absolute atomic E-state index is 0.195. The molecule has 0 radical (unpaired) electrons. The average molecular weight is 241 g/mol. The highest BCUT2D eigenvalue weighted by Crippen LogP contribution is 2.15. The molecule has 1 heterocycles. The number of nitro groups is 1. The third kappa shape index (κ3) is 3.97. The lowest BCUT2D eigenvalue weighted by molar-refractivity contribution is -0.389. The summed E-state index contributed by atoms with van der Waals surface area (Å²) in [5, 5.41) is 19.9. The van der Waals surface area contributed by atoms with E-state index >= 15 is 0 Å². The second kappa shape index (κ2) is 6.12. The summed E-state index contributed by atoms with van der Waals surface area (Å²) in [6, 6.07) is 2.92. The van der Waals surface area contributed by atoms with Gasteiger partial charge in [-0.25, -0.2) is 0 Å². The fraction of sp³-hybridized carbons (Fsp3) is 0.500. The van der Waals surface area contributed by atoms with Gasteiger partial charge in [0.2, 0.25) is 0 Å². The van der Waals surface area contributed by atoms with Crippen molar-refractivity contribution in [1.29, 1.82) is 0 Å². The van der Waals surface area contributed by atoms with E-state index in [4.69, 9.17) is 4.74 Å². The van der Waals surface area contributed by atoms with Gasteiger partial charge in [-0.05, 0) is 16.0 Å². The van der Waals surface area contributed by atoms with E-state index in [1.54, 1.807) is 18.0 Å². The molecule has 7 heteroatoms. The lowest BCUT2D eigenvalue weighted by Crippen LogP contribution is -2.31. The molecular weight excluding hydrogens is 226 g/mol. The number of aliphatic hydroxyl groups excluding tert-OH is 1. The van der Waals surface area contributed by atoms with Crippen molar-refractivity contribution in [3.63, 3.8) is 0 Å². The Kier molecular flexibility index (Phi) is 4.80. The molecule has 0 aliphatic carbocycles. The number of aromatic nitrogens is 1. The van der Waals surface area contributed by atoms with Gasteiger partial charge in [-0.1, -0.05) is 0 Å². The number of hydrogen-bond donors (Lipinski definition) is 1. The van der Waals surface area contributed by atoms with Crippen molar-refractivity contribution in [2.45, 2.75) is 6.10 Å². The van der Waals surface area contributed by atoms with Crippen LogP contribution in [0, 0.1) is 10.1 Å². The van der Waals surface area contributed by atoms with E-state index in [2.05, 4.69) is 4.98 Å². The van der Waals surface area contributed by atoms with Crippen LogP contribution in [-0.4, -0.2) is 48.4 Å². The molecule has 0 amide bonds. The maximum absolute atomic E-state index is 10.4. The molecule has 1 unspecified atom stereocenters. The van der Waals surface area contributed by atoms with Crippen molar-refractivity contribution in [3.05, 3.63) is 28.4 Å². The largest absolute Gasteiger partial charge is 0.389 e. The third-order valence-electron chi connectivity index (χ3n) is 2.20. The number of aliphatic hydroxyl groups is 1. The molecule has 1 N–H and O–H groups in total. The number of pyridine rings is 1. The maximum atomic E-state index is 10.4. The zero-order valence-corrected chi connectivity index (χ0v) is 9.74. The Morgan fingerprint density at radius 3 is 2.82 bits per heavy atom. The molecule has 7 nitrogen and oxygen atoms in total. The van der Waals surface area contributed by atoms with Gasteiger partial charge in [-0.3, -0.25) is 0 Å². The number of anilines is 1. The van der Waals surface area contributed by atoms with Crippen LogP contribution in [-0.2, 0) is 4.74 Å². The van der Waals surface area contributed by atoms with Crippen molar-refractivity contribution in [1.82, 2.24) is 4.98 Å². The van der Waals surface area contributed by atoms with Crippen molar-refractivity contribution < 1.29 is 14.8 Å². The van der Waals surface area contributed by atoms with E-state index in [-0.39, 0.29) is 12.4 Å². The number of methoxy groups -OCH3 is 1. The highest BCUT2D eigenvalue weighted by Gasteiger charge is 2.12. The summed E-state index contributed by atoms with van der Waals surface area (Å²) in [5.74, 6) is -0.195. The van der Waals surface area contributed by atoms with Gasteiger partial charge in [0.05, 0.1) is 18.4 Å². The molecule has 1 aromatic heterocycles. The van der Waals surface area contributed by atoms with Crippen molar-refractivity contribution in [2.24, 2.45) is 0 Å². The molecule has 0 saturated carbocycles. The third-order valence-corrected chi connectivity index (χ3v) is 2.20. The van der Waals surface area contributed by atoms with E-state index in [1.165, 1.54) is 19.4 Å². The standard InChI is InChI=1S/C10H15N3O4/c1-12(6-9(14)7-17-2)8-3-4-10(11-5-8)13(15)16/h3-5,9,14H,6-7H2,1-2H3. The monoisotopic (exact) mass is 241 g/mol. The molecule has 0 bridgehead atoms. The Balaban J connectivity index is 2.63. The Morgan fingerprint density at radius 1 is 1.65 bits per heavy atom. The van der Waals surface area contributed by atoms with Gasteiger partial charge in [0, 0.05) is 26.8 Å². The van der Waals surface area contributed by atoms with E-state index in [1.807, 2.05) is 0 Å². The topological polar surface area (TPSA) is 88.7 Å². The molecular formula is C10H15N3O4. The molecule has 1 aromatic rings. The average Bonchev–Trinajstić information content (AvgIpc) is 2.29. The number of ether oxygens (including phenoxy) is 1. The van der Waals surface area contributed by atoms with Crippen LogP contribution in [0.25, 0.3) is 0 Å². The van der Waals surface area contributed by atoms with Gasteiger partial charge in [-0.2, -0.15) is 0 Å². The van der Waals surface area contributed by atoms with Gasteiger partial charge < -0.3 is 24.9 Å². The van der Waals surface area contributed by atoms with Crippen molar-refractivity contribution in [3.8, 4) is 0 Å². The van der Waals surface area contributed by atoms with Crippen LogP contribution in [0.4, 0.5) is 11.5 Å². The van der Waals surface area contributed by atoms with Crippen LogP contribution in [0.15, 0.2) is 18.3 Å². The zero-order chi connectivity index (χ0) is 12.8. The number of nitrogens with zero attached hydrogens (tertiary/aromatic N) is 3. The zero-order valence-electron chi connectivity index (χ0n) is 9.74. The van der Waals surface area contributed by atoms with Gasteiger partial charge in [0.15, 0.2) is 6.20 Å². The Bertz CT molecular complexity index is 368. The van der Waals surface area contributed by atoms with Crippen LogP contribution in [0.5, 0.6) is 0 Å². The minimum Gasteiger partial charge on any atom is -0.389 e. The smallest absolute Gasteiger partial charge is 0.363 e. The molecule has 0 saturated heterocycles. The van der Waals surface area contributed by atoms with E-state index in [9.17, 15) is 15.2 Å². The van der Waals surface area contributed by atoms with Gasteiger partial charge in [0.25, 0.3) is 0 Å². The number of rotatable bonds is 6. The van der Waals surface area contributed by atoms with E-state index < -0.39 is 11.0 Å². The van der Waals surface area contributed by atoms with Crippen LogP contribution < -0.4 is 4.90 Å². The second-order valence-electron chi connectivity index (χ2n) is 3.62. The van der Waals surface area contributed by atoms with Crippen LogP contribution >= 0.6 is 0 Å². The summed E-state index contributed by atoms with van der Waals surface area (Å²) in [6.45, 7) is 0.609. The first-order valence-corrected chi connectivity index (χ1v) is 5.03. The summed E-state index contributed by atoms with van der Waals surface area (Å²) >= 11 is 0. The Labute approximate surface area is 98.8 Å². The highest BCUT2D eigenvalue weighted by molar-refractivity contribution is 5.45. The molecule has 94 valence electrons. The van der Waals surface area contributed by atoms with Crippen LogP contribution in [0.2, 0.25) is 0 Å². The first kappa shape index (κ1) is 13.3. The van der Waals surface area contributed by atoms with Gasteiger partial charge >= 0.3 is 5.82 Å². The molecule has 0 aromatic carbocycles. The fourth-order valence-corrected chi connectivity index (χ4v) is 1.38. The fourth-order valence-electron chi connectivity index (χ4n) is 1.38. The summed E-state index contributed by atoms with van der Waals surface area (Å²) in [7, 11) is 3.28.